The number of rotatable bonds is 5. The third-order valence-electron chi connectivity index (χ3n) is 2.26. The van der Waals surface area contributed by atoms with Crippen molar-refractivity contribution < 1.29 is 9.84 Å². The summed E-state index contributed by atoms with van der Waals surface area (Å²) >= 11 is 0. The summed E-state index contributed by atoms with van der Waals surface area (Å²) in [6.07, 6.45) is 3.95. The molecule has 1 aromatic carbocycles. The molecule has 2 nitrogen and oxygen atoms in total. The number of ether oxygens (including phenoxy) is 1. The molecule has 0 aromatic heterocycles. The molecule has 1 rings (SSSR count). The van der Waals surface area contributed by atoms with Gasteiger partial charge in [-0.15, -0.1) is 0 Å². The van der Waals surface area contributed by atoms with Gasteiger partial charge in [0.1, 0.15) is 11.5 Å². The van der Waals surface area contributed by atoms with Crippen LogP contribution in [0.1, 0.15) is 5.56 Å². The average Bonchev–Trinajstić information content (AvgIpc) is 2.29. The summed E-state index contributed by atoms with van der Waals surface area (Å²) in [4.78, 5) is 0. The Morgan fingerprint density at radius 2 is 2.12 bits per heavy atom. The highest BCUT2D eigenvalue weighted by Crippen LogP contribution is 2.22. The number of aliphatic hydroxyl groups is 1. The predicted octanol–water partition coefficient (Wildman–Crippen LogP) is 3.42. The summed E-state index contributed by atoms with van der Waals surface area (Å²) in [6.45, 7) is 7.13. The highest BCUT2D eigenvalue weighted by Gasteiger charge is 2.06. The van der Waals surface area contributed by atoms with Gasteiger partial charge in [-0.1, -0.05) is 43.5 Å². The lowest BCUT2D eigenvalue weighted by atomic mass is 10.0. The van der Waals surface area contributed by atoms with Crippen LogP contribution in [-0.4, -0.2) is 12.2 Å². The van der Waals surface area contributed by atoms with Gasteiger partial charge in [0.25, 0.3) is 0 Å². The van der Waals surface area contributed by atoms with Crippen molar-refractivity contribution in [2.24, 2.45) is 0 Å². The summed E-state index contributed by atoms with van der Waals surface area (Å²) in [6, 6.07) is 7.69. The number of hydrogen-bond acceptors (Lipinski definition) is 2. The molecule has 0 fully saturated rings. The lowest BCUT2D eigenvalue weighted by Gasteiger charge is -2.09. The smallest absolute Gasteiger partial charge is 0.122 e. The van der Waals surface area contributed by atoms with Crippen LogP contribution < -0.4 is 4.74 Å². The van der Waals surface area contributed by atoms with Gasteiger partial charge < -0.3 is 9.84 Å². The van der Waals surface area contributed by atoms with Crippen LogP contribution in [0.5, 0.6) is 5.75 Å². The molecular formula is C14H16O2. The molecule has 84 valence electrons. The van der Waals surface area contributed by atoms with Crippen molar-refractivity contribution in [1.29, 1.82) is 0 Å². The fourth-order valence-electron chi connectivity index (χ4n) is 1.45. The summed E-state index contributed by atoms with van der Waals surface area (Å²) in [5.74, 6) is 0.865. The molecule has 0 radical (unpaired) electrons. The molecule has 16 heavy (non-hydrogen) atoms. The van der Waals surface area contributed by atoms with Gasteiger partial charge in [-0.05, 0) is 17.2 Å². The van der Waals surface area contributed by atoms with Gasteiger partial charge in [0.2, 0.25) is 0 Å². The van der Waals surface area contributed by atoms with Crippen LogP contribution in [0.25, 0.3) is 0 Å². The van der Waals surface area contributed by atoms with Crippen molar-refractivity contribution in [2.75, 3.05) is 7.11 Å². The minimum absolute atomic E-state index is 0.0609. The van der Waals surface area contributed by atoms with Gasteiger partial charge in [-0.2, -0.15) is 0 Å². The monoisotopic (exact) mass is 216 g/mol. The van der Waals surface area contributed by atoms with Gasteiger partial charge in [-0.25, -0.2) is 0 Å². The molecule has 1 aromatic rings. The first-order valence-electron chi connectivity index (χ1n) is 5.00. The first-order chi connectivity index (χ1) is 7.69. The molecule has 0 saturated heterocycles. The van der Waals surface area contributed by atoms with E-state index in [2.05, 4.69) is 13.2 Å². The predicted molar refractivity (Wildman–Crippen MR) is 66.7 cm³/mol. The topological polar surface area (TPSA) is 29.5 Å². The second kappa shape index (κ2) is 5.81. The van der Waals surface area contributed by atoms with E-state index < -0.39 is 0 Å². The van der Waals surface area contributed by atoms with Crippen LogP contribution >= 0.6 is 0 Å². The molecule has 0 spiro atoms. The maximum atomic E-state index is 9.42. The van der Waals surface area contributed by atoms with E-state index in [9.17, 15) is 5.11 Å². The van der Waals surface area contributed by atoms with Gasteiger partial charge >= 0.3 is 0 Å². The average molecular weight is 216 g/mol. The molecule has 0 amide bonds. The molecule has 0 atom stereocenters. The third kappa shape index (κ3) is 3.02. The van der Waals surface area contributed by atoms with Crippen molar-refractivity contribution in [3.05, 3.63) is 66.5 Å². The number of allylic oxidation sites excluding steroid dienone is 3. The maximum absolute atomic E-state index is 9.42. The Bertz CT molecular complexity index is 416. The van der Waals surface area contributed by atoms with Crippen LogP contribution in [0.15, 0.2) is 60.9 Å². The van der Waals surface area contributed by atoms with Gasteiger partial charge in [0.15, 0.2) is 0 Å². The van der Waals surface area contributed by atoms with Crippen LogP contribution in [0.3, 0.4) is 0 Å². The Hall–Kier alpha value is -1.96. The second-order valence-electron chi connectivity index (χ2n) is 3.36. The largest absolute Gasteiger partial charge is 0.508 e. The zero-order valence-electron chi connectivity index (χ0n) is 9.44. The van der Waals surface area contributed by atoms with Crippen molar-refractivity contribution >= 4 is 0 Å². The number of para-hydroxylation sites is 1. The molecular weight excluding hydrogens is 200 g/mol. The van der Waals surface area contributed by atoms with E-state index in [-0.39, 0.29) is 5.76 Å². The lowest BCUT2D eigenvalue weighted by Crippen LogP contribution is -1.96. The highest BCUT2D eigenvalue weighted by atomic mass is 16.5. The van der Waals surface area contributed by atoms with Gasteiger partial charge in [0.05, 0.1) is 7.11 Å². The Balaban J connectivity index is 2.98. The number of methoxy groups -OCH3 is 1. The quantitative estimate of drug-likeness (QED) is 0.603. The zero-order valence-corrected chi connectivity index (χ0v) is 9.44. The van der Waals surface area contributed by atoms with Crippen molar-refractivity contribution in [1.82, 2.24) is 0 Å². The molecule has 0 aliphatic rings. The van der Waals surface area contributed by atoms with E-state index in [4.69, 9.17) is 4.74 Å². The first kappa shape index (κ1) is 12.1. The van der Waals surface area contributed by atoms with E-state index in [1.807, 2.05) is 24.3 Å². The van der Waals surface area contributed by atoms with Crippen LogP contribution in [-0.2, 0) is 6.42 Å². The molecule has 0 bridgehead atoms. The summed E-state index contributed by atoms with van der Waals surface area (Å²) in [7, 11) is 1.63. The molecule has 0 heterocycles. The lowest BCUT2D eigenvalue weighted by molar-refractivity contribution is 0.407. The van der Waals surface area contributed by atoms with E-state index in [0.29, 0.717) is 6.42 Å². The molecule has 0 aliphatic heterocycles. The summed E-state index contributed by atoms with van der Waals surface area (Å²) in [5.41, 5.74) is 1.74. The number of benzene rings is 1. The maximum Gasteiger partial charge on any atom is 0.122 e. The van der Waals surface area contributed by atoms with Crippen molar-refractivity contribution in [2.45, 2.75) is 6.42 Å². The summed E-state index contributed by atoms with van der Waals surface area (Å²) < 4.78 is 5.24. The zero-order chi connectivity index (χ0) is 12.0. The number of hydrogen-bond donors (Lipinski definition) is 1. The molecule has 1 N–H and O–H groups in total. The van der Waals surface area contributed by atoms with Crippen molar-refractivity contribution in [3.63, 3.8) is 0 Å². The van der Waals surface area contributed by atoms with Crippen LogP contribution in [0.2, 0.25) is 0 Å². The third-order valence-corrected chi connectivity index (χ3v) is 2.26. The standard InChI is InChI=1S/C14H16O2/c1-4-7-12(11(2)15)10-13-8-5-6-9-14(13)16-3/h4-9,15H,1-2,10H2,3H3/b12-7-. The SMILES string of the molecule is C=C/C=C(/Cc1ccccc1OC)C(=C)O. The Morgan fingerprint density at radius 1 is 1.44 bits per heavy atom. The van der Waals surface area contributed by atoms with E-state index >= 15 is 0 Å². The fraction of sp³-hybridized carbons (Fsp3) is 0.143. The molecule has 0 aliphatic carbocycles. The second-order valence-corrected chi connectivity index (χ2v) is 3.36. The minimum Gasteiger partial charge on any atom is -0.508 e. The summed E-state index contributed by atoms with van der Waals surface area (Å²) in [5, 5.41) is 9.42. The fourth-order valence-corrected chi connectivity index (χ4v) is 1.45. The van der Waals surface area contributed by atoms with E-state index in [1.165, 1.54) is 0 Å². The molecule has 2 heteroatoms. The Morgan fingerprint density at radius 3 is 2.69 bits per heavy atom. The Kier molecular flexibility index (Phi) is 4.40. The van der Waals surface area contributed by atoms with Crippen LogP contribution in [0.4, 0.5) is 0 Å². The van der Waals surface area contributed by atoms with Crippen molar-refractivity contribution in [3.8, 4) is 5.75 Å². The molecule has 0 saturated carbocycles. The van der Waals surface area contributed by atoms with Crippen LogP contribution in [0, 0.1) is 0 Å². The Labute approximate surface area is 96.2 Å². The van der Waals surface area contributed by atoms with E-state index in [0.717, 1.165) is 16.9 Å². The highest BCUT2D eigenvalue weighted by molar-refractivity contribution is 5.40. The first-order valence-corrected chi connectivity index (χ1v) is 5.00. The van der Waals surface area contributed by atoms with Gasteiger partial charge in [0, 0.05) is 6.42 Å². The number of aliphatic hydroxyl groups excluding tert-OH is 1. The normalized spacial score (nSPS) is 10.9. The molecule has 0 unspecified atom stereocenters. The van der Waals surface area contributed by atoms with E-state index in [1.54, 1.807) is 19.3 Å². The minimum atomic E-state index is 0.0609. The van der Waals surface area contributed by atoms with Gasteiger partial charge in [-0.3, -0.25) is 0 Å².